The zero-order valence-corrected chi connectivity index (χ0v) is 13.4. The first-order chi connectivity index (χ1) is 10.1. The lowest BCUT2D eigenvalue weighted by molar-refractivity contribution is -0.123. The lowest BCUT2D eigenvalue weighted by Crippen LogP contribution is -2.29. The molecule has 0 aliphatic carbocycles. The summed E-state index contributed by atoms with van der Waals surface area (Å²) in [6.07, 6.45) is 2.08. The Balaban J connectivity index is 2.33. The van der Waals surface area contributed by atoms with Gasteiger partial charge >= 0.3 is 0 Å². The van der Waals surface area contributed by atoms with Gasteiger partial charge in [-0.15, -0.1) is 0 Å². The van der Waals surface area contributed by atoms with Gasteiger partial charge in [-0.25, -0.2) is 0 Å². The second-order valence-corrected chi connectivity index (χ2v) is 5.66. The van der Waals surface area contributed by atoms with Crippen molar-refractivity contribution in [1.82, 2.24) is 10.6 Å². The van der Waals surface area contributed by atoms with Crippen LogP contribution in [-0.4, -0.2) is 25.6 Å². The Morgan fingerprint density at radius 2 is 2.14 bits per heavy atom. The summed E-state index contributed by atoms with van der Waals surface area (Å²) in [6, 6.07) is 7.87. The van der Waals surface area contributed by atoms with E-state index in [-0.39, 0.29) is 12.5 Å². The van der Waals surface area contributed by atoms with Gasteiger partial charge in [0, 0.05) is 13.1 Å². The van der Waals surface area contributed by atoms with Crippen LogP contribution in [0.2, 0.25) is 0 Å². The summed E-state index contributed by atoms with van der Waals surface area (Å²) in [7, 11) is 0. The predicted molar refractivity (Wildman–Crippen MR) is 86.4 cm³/mol. The van der Waals surface area contributed by atoms with Crippen LogP contribution in [0.25, 0.3) is 0 Å². The molecule has 0 unspecified atom stereocenters. The summed E-state index contributed by atoms with van der Waals surface area (Å²) in [5.74, 6) is 1.31. The molecule has 0 aliphatic heterocycles. The molecule has 2 N–H and O–H groups in total. The standard InChI is InChI=1S/C17H28N2O2/c1-4-5-9-19-17(20)13-21-16-8-6-7-15(10-16)12-18-11-14(2)3/h6-8,10,14,18H,4-5,9,11-13H2,1-3H3,(H,19,20). The van der Waals surface area contributed by atoms with Crippen molar-refractivity contribution in [1.29, 1.82) is 0 Å². The van der Waals surface area contributed by atoms with E-state index in [0.717, 1.165) is 38.2 Å². The van der Waals surface area contributed by atoms with E-state index in [9.17, 15) is 4.79 Å². The van der Waals surface area contributed by atoms with E-state index in [4.69, 9.17) is 4.74 Å². The van der Waals surface area contributed by atoms with Crippen molar-refractivity contribution in [3.8, 4) is 5.75 Å². The number of nitrogens with one attached hydrogen (secondary N) is 2. The molecule has 0 saturated carbocycles. The summed E-state index contributed by atoms with van der Waals surface area (Å²) in [5.41, 5.74) is 1.17. The molecule has 118 valence electrons. The Morgan fingerprint density at radius 1 is 1.33 bits per heavy atom. The van der Waals surface area contributed by atoms with E-state index in [1.807, 2.05) is 18.2 Å². The molecule has 0 bridgehead atoms. The normalized spacial score (nSPS) is 10.7. The topological polar surface area (TPSA) is 50.4 Å². The van der Waals surface area contributed by atoms with Crippen molar-refractivity contribution >= 4 is 5.91 Å². The maximum Gasteiger partial charge on any atom is 0.257 e. The second-order valence-electron chi connectivity index (χ2n) is 5.66. The van der Waals surface area contributed by atoms with Crippen LogP contribution >= 0.6 is 0 Å². The third-order valence-electron chi connectivity index (χ3n) is 3.00. The fourth-order valence-electron chi connectivity index (χ4n) is 1.85. The Hall–Kier alpha value is -1.55. The lowest BCUT2D eigenvalue weighted by atomic mass is 10.2. The largest absolute Gasteiger partial charge is 0.484 e. The first-order valence-corrected chi connectivity index (χ1v) is 7.81. The van der Waals surface area contributed by atoms with Crippen LogP contribution in [0, 0.1) is 5.92 Å². The molecular formula is C17H28N2O2. The van der Waals surface area contributed by atoms with Gasteiger partial charge in [0.1, 0.15) is 5.75 Å². The van der Waals surface area contributed by atoms with Crippen LogP contribution in [0.4, 0.5) is 0 Å². The number of amides is 1. The van der Waals surface area contributed by atoms with Crippen molar-refractivity contribution < 1.29 is 9.53 Å². The van der Waals surface area contributed by atoms with Gasteiger partial charge in [-0.3, -0.25) is 4.79 Å². The predicted octanol–water partition coefficient (Wildman–Crippen LogP) is 2.73. The number of carbonyl (C=O) groups excluding carboxylic acids is 1. The van der Waals surface area contributed by atoms with Gasteiger partial charge in [0.15, 0.2) is 6.61 Å². The van der Waals surface area contributed by atoms with Gasteiger partial charge in [0.2, 0.25) is 0 Å². The molecular weight excluding hydrogens is 264 g/mol. The van der Waals surface area contributed by atoms with E-state index in [0.29, 0.717) is 5.92 Å². The summed E-state index contributed by atoms with van der Waals surface area (Å²) in [6.45, 7) is 9.07. The monoisotopic (exact) mass is 292 g/mol. The van der Waals surface area contributed by atoms with Crippen molar-refractivity contribution in [2.24, 2.45) is 5.92 Å². The van der Waals surface area contributed by atoms with E-state index in [2.05, 4.69) is 37.5 Å². The number of unbranched alkanes of at least 4 members (excludes halogenated alkanes) is 1. The number of hydrogen-bond donors (Lipinski definition) is 2. The first kappa shape index (κ1) is 17.5. The minimum atomic E-state index is -0.0632. The molecule has 4 nitrogen and oxygen atoms in total. The van der Waals surface area contributed by atoms with Crippen LogP contribution in [-0.2, 0) is 11.3 Å². The summed E-state index contributed by atoms with van der Waals surface area (Å²) in [5, 5.41) is 6.23. The van der Waals surface area contributed by atoms with Crippen LogP contribution in [0.1, 0.15) is 39.2 Å². The average Bonchev–Trinajstić information content (AvgIpc) is 2.45. The molecule has 0 atom stereocenters. The van der Waals surface area contributed by atoms with Crippen LogP contribution in [0.3, 0.4) is 0 Å². The molecule has 1 rings (SSSR count). The van der Waals surface area contributed by atoms with Crippen LogP contribution in [0.5, 0.6) is 5.75 Å². The molecule has 0 fully saturated rings. The molecule has 1 amide bonds. The number of carbonyl (C=O) groups is 1. The SMILES string of the molecule is CCCCNC(=O)COc1cccc(CNCC(C)C)c1. The van der Waals surface area contributed by atoms with E-state index in [1.54, 1.807) is 0 Å². The molecule has 0 aromatic heterocycles. The maximum absolute atomic E-state index is 11.6. The molecule has 4 heteroatoms. The van der Waals surface area contributed by atoms with Gasteiger partial charge in [0.05, 0.1) is 0 Å². The van der Waals surface area contributed by atoms with E-state index in [1.165, 1.54) is 5.56 Å². The fourth-order valence-corrected chi connectivity index (χ4v) is 1.85. The first-order valence-electron chi connectivity index (χ1n) is 7.81. The summed E-state index contributed by atoms with van der Waals surface area (Å²) < 4.78 is 5.53. The number of hydrogen-bond acceptors (Lipinski definition) is 3. The fraction of sp³-hybridized carbons (Fsp3) is 0.588. The number of ether oxygens (including phenoxy) is 1. The highest BCUT2D eigenvalue weighted by Gasteiger charge is 2.03. The zero-order valence-electron chi connectivity index (χ0n) is 13.4. The highest BCUT2D eigenvalue weighted by Crippen LogP contribution is 2.13. The molecule has 0 aliphatic rings. The number of rotatable bonds is 10. The van der Waals surface area contributed by atoms with Crippen molar-refractivity contribution in [3.63, 3.8) is 0 Å². The third kappa shape index (κ3) is 8.35. The van der Waals surface area contributed by atoms with E-state index >= 15 is 0 Å². The minimum Gasteiger partial charge on any atom is -0.484 e. The highest BCUT2D eigenvalue weighted by molar-refractivity contribution is 5.77. The molecule has 0 saturated heterocycles. The Labute approximate surface area is 128 Å². The molecule has 0 spiro atoms. The van der Waals surface area contributed by atoms with Crippen molar-refractivity contribution in [2.45, 2.75) is 40.2 Å². The maximum atomic E-state index is 11.6. The zero-order chi connectivity index (χ0) is 15.5. The van der Waals surface area contributed by atoms with Gasteiger partial charge in [-0.1, -0.05) is 39.3 Å². The van der Waals surface area contributed by atoms with Crippen molar-refractivity contribution in [2.75, 3.05) is 19.7 Å². The third-order valence-corrected chi connectivity index (χ3v) is 3.00. The quantitative estimate of drug-likeness (QED) is 0.652. The Bertz CT molecular complexity index is 419. The summed E-state index contributed by atoms with van der Waals surface area (Å²) >= 11 is 0. The summed E-state index contributed by atoms with van der Waals surface area (Å²) in [4.78, 5) is 11.6. The molecule has 0 radical (unpaired) electrons. The van der Waals surface area contributed by atoms with Gasteiger partial charge < -0.3 is 15.4 Å². The van der Waals surface area contributed by atoms with Crippen LogP contribution < -0.4 is 15.4 Å². The molecule has 21 heavy (non-hydrogen) atoms. The smallest absolute Gasteiger partial charge is 0.257 e. The second kappa shape index (κ2) is 10.2. The van der Waals surface area contributed by atoms with Crippen molar-refractivity contribution in [3.05, 3.63) is 29.8 Å². The average molecular weight is 292 g/mol. The Kier molecular flexibility index (Phi) is 8.51. The van der Waals surface area contributed by atoms with Crippen LogP contribution in [0.15, 0.2) is 24.3 Å². The Morgan fingerprint density at radius 3 is 2.86 bits per heavy atom. The highest BCUT2D eigenvalue weighted by atomic mass is 16.5. The van der Waals surface area contributed by atoms with Gasteiger partial charge in [0.25, 0.3) is 5.91 Å². The molecule has 1 aromatic carbocycles. The number of benzene rings is 1. The lowest BCUT2D eigenvalue weighted by Gasteiger charge is -2.10. The molecule has 1 aromatic rings. The van der Waals surface area contributed by atoms with Gasteiger partial charge in [-0.05, 0) is 36.6 Å². The molecule has 0 heterocycles. The van der Waals surface area contributed by atoms with E-state index < -0.39 is 0 Å². The van der Waals surface area contributed by atoms with Gasteiger partial charge in [-0.2, -0.15) is 0 Å². The minimum absolute atomic E-state index is 0.0632.